The van der Waals surface area contributed by atoms with Crippen molar-refractivity contribution in [1.29, 1.82) is 0 Å². The molecule has 3 rings (SSSR count). The number of nitrogens with one attached hydrogen (secondary N) is 1. The van der Waals surface area contributed by atoms with Crippen LogP contribution in [0.1, 0.15) is 15.9 Å². The van der Waals surface area contributed by atoms with Crippen LogP contribution in [0.25, 0.3) is 11.1 Å². The number of carbonyl (C=O) groups excluding carboxylic acids is 2. The second-order valence-electron chi connectivity index (χ2n) is 5.82. The van der Waals surface area contributed by atoms with E-state index in [2.05, 4.69) is 5.32 Å². The molecule has 0 radical (unpaired) electrons. The lowest BCUT2D eigenvalue weighted by atomic mass is 9.97. The Morgan fingerprint density at radius 2 is 1.62 bits per heavy atom. The zero-order chi connectivity index (χ0) is 18.4. The Bertz CT molecular complexity index is 919. The number of carbonyl (C=O) groups is 2. The second kappa shape index (κ2) is 8.12. The number of benzene rings is 3. The van der Waals surface area contributed by atoms with Crippen LogP contribution in [0, 0.1) is 0 Å². The summed E-state index contributed by atoms with van der Waals surface area (Å²) in [6.45, 7) is 0. The molecule has 0 aliphatic carbocycles. The van der Waals surface area contributed by atoms with Gasteiger partial charge < -0.3 is 10.1 Å². The molecule has 0 heterocycles. The van der Waals surface area contributed by atoms with Gasteiger partial charge in [-0.2, -0.15) is 0 Å². The molecule has 4 nitrogen and oxygen atoms in total. The molecular weight excluding hydrogens is 326 g/mol. The molecule has 4 heteroatoms. The highest BCUT2D eigenvalue weighted by Crippen LogP contribution is 2.24. The maximum absolute atomic E-state index is 12.5. The fourth-order valence-electron chi connectivity index (χ4n) is 2.79. The lowest BCUT2D eigenvalue weighted by Crippen LogP contribution is -2.15. The molecule has 26 heavy (non-hydrogen) atoms. The highest BCUT2D eigenvalue weighted by atomic mass is 16.5. The van der Waals surface area contributed by atoms with E-state index in [-0.39, 0.29) is 12.3 Å². The minimum atomic E-state index is -0.435. The summed E-state index contributed by atoms with van der Waals surface area (Å²) < 4.78 is 4.70. The molecule has 0 aliphatic heterocycles. The van der Waals surface area contributed by atoms with Gasteiger partial charge in [-0.25, -0.2) is 4.79 Å². The largest absolute Gasteiger partial charge is 0.465 e. The van der Waals surface area contributed by atoms with Gasteiger partial charge in [-0.15, -0.1) is 0 Å². The van der Waals surface area contributed by atoms with E-state index in [4.69, 9.17) is 4.74 Å². The molecular formula is C22H19NO3. The first kappa shape index (κ1) is 17.4. The van der Waals surface area contributed by atoms with Gasteiger partial charge in [0.25, 0.3) is 0 Å². The number of esters is 1. The van der Waals surface area contributed by atoms with Gasteiger partial charge in [0.15, 0.2) is 0 Å². The molecule has 0 atom stereocenters. The summed E-state index contributed by atoms with van der Waals surface area (Å²) >= 11 is 0. The van der Waals surface area contributed by atoms with E-state index in [9.17, 15) is 9.59 Å². The van der Waals surface area contributed by atoms with Crippen LogP contribution in [0.2, 0.25) is 0 Å². The van der Waals surface area contributed by atoms with Crippen molar-refractivity contribution in [2.24, 2.45) is 0 Å². The van der Waals surface area contributed by atoms with Crippen molar-refractivity contribution in [3.63, 3.8) is 0 Å². The molecule has 3 aromatic rings. The summed E-state index contributed by atoms with van der Waals surface area (Å²) in [6.07, 6.45) is 0.244. The third-order valence-electron chi connectivity index (χ3n) is 4.02. The Hall–Kier alpha value is -3.40. The molecule has 130 valence electrons. The molecule has 3 aromatic carbocycles. The average Bonchev–Trinajstić information content (AvgIpc) is 2.68. The first-order valence-corrected chi connectivity index (χ1v) is 8.29. The first-order valence-electron chi connectivity index (χ1n) is 8.29. The van der Waals surface area contributed by atoms with Gasteiger partial charge in [0.1, 0.15) is 0 Å². The number of anilines is 1. The summed E-state index contributed by atoms with van der Waals surface area (Å²) in [5.41, 5.74) is 4.01. The molecule has 0 fully saturated rings. The number of amides is 1. The van der Waals surface area contributed by atoms with Crippen LogP contribution >= 0.6 is 0 Å². The number of ether oxygens (including phenoxy) is 1. The minimum Gasteiger partial charge on any atom is -0.465 e. The maximum atomic E-state index is 12.5. The van der Waals surface area contributed by atoms with Crippen molar-refractivity contribution in [3.05, 3.63) is 90.0 Å². The Morgan fingerprint density at radius 1 is 0.885 bits per heavy atom. The number of hydrogen-bond acceptors (Lipinski definition) is 3. The van der Waals surface area contributed by atoms with Crippen LogP contribution < -0.4 is 5.32 Å². The molecule has 0 saturated heterocycles. The molecule has 1 N–H and O–H groups in total. The fourth-order valence-corrected chi connectivity index (χ4v) is 2.79. The van der Waals surface area contributed by atoms with Gasteiger partial charge in [-0.3, -0.25) is 4.79 Å². The summed E-state index contributed by atoms with van der Waals surface area (Å²) in [5, 5.41) is 2.84. The predicted molar refractivity (Wildman–Crippen MR) is 102 cm³/mol. The summed E-state index contributed by atoms with van der Waals surface area (Å²) in [7, 11) is 1.33. The van der Waals surface area contributed by atoms with Gasteiger partial charge in [-0.05, 0) is 34.9 Å². The quantitative estimate of drug-likeness (QED) is 0.701. The highest BCUT2D eigenvalue weighted by molar-refractivity contribution is 5.96. The first-order chi connectivity index (χ1) is 12.7. The minimum absolute atomic E-state index is 0.143. The second-order valence-corrected chi connectivity index (χ2v) is 5.82. The van der Waals surface area contributed by atoms with Crippen LogP contribution in [0.4, 0.5) is 5.69 Å². The summed E-state index contributed by atoms with van der Waals surface area (Å²) in [4.78, 5) is 24.1. The van der Waals surface area contributed by atoms with Crippen LogP contribution in [0.3, 0.4) is 0 Å². The van der Waals surface area contributed by atoms with E-state index in [0.717, 1.165) is 16.7 Å². The van der Waals surface area contributed by atoms with Crippen molar-refractivity contribution in [1.82, 2.24) is 0 Å². The van der Waals surface area contributed by atoms with Crippen molar-refractivity contribution in [2.75, 3.05) is 12.4 Å². The Labute approximate surface area is 152 Å². The van der Waals surface area contributed by atoms with Gasteiger partial charge >= 0.3 is 5.97 Å². The van der Waals surface area contributed by atoms with Gasteiger partial charge in [0.05, 0.1) is 19.1 Å². The zero-order valence-corrected chi connectivity index (χ0v) is 14.4. The molecule has 0 bridgehead atoms. The SMILES string of the molecule is COC(=O)c1cccc(NC(=O)Cc2ccccc2-c2ccccc2)c1. The normalized spacial score (nSPS) is 10.2. The number of rotatable bonds is 5. The van der Waals surface area contributed by atoms with Gasteiger partial charge in [-0.1, -0.05) is 60.7 Å². The highest BCUT2D eigenvalue weighted by Gasteiger charge is 2.11. The van der Waals surface area contributed by atoms with E-state index >= 15 is 0 Å². The maximum Gasteiger partial charge on any atom is 0.337 e. The van der Waals surface area contributed by atoms with Crippen LogP contribution in [0.15, 0.2) is 78.9 Å². The van der Waals surface area contributed by atoms with Crippen molar-refractivity contribution >= 4 is 17.6 Å². The van der Waals surface area contributed by atoms with E-state index in [1.807, 2.05) is 54.6 Å². The van der Waals surface area contributed by atoms with Crippen molar-refractivity contribution < 1.29 is 14.3 Å². The average molecular weight is 345 g/mol. The Balaban J connectivity index is 1.77. The smallest absolute Gasteiger partial charge is 0.337 e. The van der Waals surface area contributed by atoms with Crippen LogP contribution in [0.5, 0.6) is 0 Å². The van der Waals surface area contributed by atoms with Crippen molar-refractivity contribution in [2.45, 2.75) is 6.42 Å². The topological polar surface area (TPSA) is 55.4 Å². The summed E-state index contributed by atoms with van der Waals surface area (Å²) in [5.74, 6) is -0.578. The lowest BCUT2D eigenvalue weighted by molar-refractivity contribution is -0.115. The molecule has 1 amide bonds. The van der Waals surface area contributed by atoms with Crippen LogP contribution in [-0.4, -0.2) is 19.0 Å². The van der Waals surface area contributed by atoms with E-state index in [0.29, 0.717) is 11.3 Å². The van der Waals surface area contributed by atoms with E-state index in [1.165, 1.54) is 7.11 Å². The standard InChI is InChI=1S/C22H19NO3/c1-26-22(25)18-11-7-12-19(14-18)23-21(24)15-17-10-5-6-13-20(17)16-8-3-2-4-9-16/h2-14H,15H2,1H3,(H,23,24). The molecule has 0 saturated carbocycles. The van der Waals surface area contributed by atoms with Crippen molar-refractivity contribution in [3.8, 4) is 11.1 Å². The van der Waals surface area contributed by atoms with E-state index < -0.39 is 5.97 Å². The Morgan fingerprint density at radius 3 is 2.38 bits per heavy atom. The fraction of sp³-hybridized carbons (Fsp3) is 0.0909. The van der Waals surface area contributed by atoms with Gasteiger partial charge in [0.2, 0.25) is 5.91 Å². The third-order valence-corrected chi connectivity index (χ3v) is 4.02. The Kier molecular flexibility index (Phi) is 5.44. The van der Waals surface area contributed by atoms with Gasteiger partial charge in [0, 0.05) is 5.69 Å². The molecule has 0 spiro atoms. The molecule has 0 aliphatic rings. The predicted octanol–water partition coefficient (Wildman–Crippen LogP) is 4.32. The molecule has 0 unspecified atom stereocenters. The zero-order valence-electron chi connectivity index (χ0n) is 14.4. The summed E-state index contributed by atoms with van der Waals surface area (Å²) in [6, 6.07) is 24.5. The third kappa shape index (κ3) is 4.16. The van der Waals surface area contributed by atoms with Crippen LogP contribution in [-0.2, 0) is 16.0 Å². The molecule has 0 aromatic heterocycles. The lowest BCUT2D eigenvalue weighted by Gasteiger charge is -2.11. The number of methoxy groups -OCH3 is 1. The monoisotopic (exact) mass is 345 g/mol. The number of hydrogen-bond donors (Lipinski definition) is 1. The van der Waals surface area contributed by atoms with E-state index in [1.54, 1.807) is 24.3 Å².